The number of piperazine rings is 1. The summed E-state index contributed by atoms with van der Waals surface area (Å²) in [5, 5.41) is 5.08. The molecule has 3 aromatic rings. The van der Waals surface area contributed by atoms with Crippen molar-refractivity contribution in [2.75, 3.05) is 54.9 Å². The van der Waals surface area contributed by atoms with Gasteiger partial charge in [0.05, 0.1) is 16.9 Å². The lowest BCUT2D eigenvalue weighted by atomic mass is 10.0. The van der Waals surface area contributed by atoms with Crippen molar-refractivity contribution in [1.29, 1.82) is 0 Å². The number of para-hydroxylation sites is 1. The van der Waals surface area contributed by atoms with Gasteiger partial charge in [0, 0.05) is 68.0 Å². The molecule has 0 saturated carbocycles. The van der Waals surface area contributed by atoms with Gasteiger partial charge in [-0.3, -0.25) is 14.6 Å². The third-order valence-electron chi connectivity index (χ3n) is 6.65. The first kappa shape index (κ1) is 21.4. The van der Waals surface area contributed by atoms with Crippen LogP contribution in [0.1, 0.15) is 29.6 Å². The van der Waals surface area contributed by atoms with E-state index in [2.05, 4.69) is 33.2 Å². The van der Waals surface area contributed by atoms with Crippen LogP contribution in [0.5, 0.6) is 0 Å². The van der Waals surface area contributed by atoms with Gasteiger partial charge in [0.25, 0.3) is 5.91 Å². The van der Waals surface area contributed by atoms with Crippen molar-refractivity contribution in [3.63, 3.8) is 0 Å². The number of aromatic nitrogens is 1. The van der Waals surface area contributed by atoms with Crippen molar-refractivity contribution >= 4 is 39.6 Å². The minimum atomic E-state index is -0.221. The molecule has 1 aromatic heterocycles. The average molecular weight is 444 g/mol. The van der Waals surface area contributed by atoms with Gasteiger partial charge in [0.1, 0.15) is 0 Å². The Morgan fingerprint density at radius 3 is 2.55 bits per heavy atom. The molecule has 7 heteroatoms. The Bertz CT molecular complexity index is 1190. The molecule has 2 aliphatic rings. The van der Waals surface area contributed by atoms with Crippen molar-refractivity contribution in [2.24, 2.45) is 0 Å². The number of amides is 2. The van der Waals surface area contributed by atoms with Crippen LogP contribution >= 0.6 is 0 Å². The van der Waals surface area contributed by atoms with E-state index in [9.17, 15) is 9.59 Å². The molecule has 1 N–H and O–H groups in total. The molecule has 5 rings (SSSR count). The van der Waals surface area contributed by atoms with Gasteiger partial charge in [0.2, 0.25) is 5.91 Å². The van der Waals surface area contributed by atoms with Gasteiger partial charge in [-0.15, -0.1) is 0 Å². The molecule has 0 atom stereocenters. The summed E-state index contributed by atoms with van der Waals surface area (Å²) in [6.07, 6.45) is 5.99. The summed E-state index contributed by atoms with van der Waals surface area (Å²) in [5.74, 6) is -0.144. The molecule has 2 saturated heterocycles. The van der Waals surface area contributed by atoms with E-state index in [1.165, 1.54) is 0 Å². The number of hydrogen-bond donors (Lipinski definition) is 1. The van der Waals surface area contributed by atoms with Crippen LogP contribution in [0.25, 0.3) is 10.8 Å². The minimum Gasteiger partial charge on any atom is -0.368 e. The van der Waals surface area contributed by atoms with E-state index in [-0.39, 0.29) is 11.8 Å². The third kappa shape index (κ3) is 4.28. The number of nitrogens with zero attached hydrogens (tertiary/aromatic N) is 4. The van der Waals surface area contributed by atoms with E-state index in [1.54, 1.807) is 17.2 Å². The molecule has 33 heavy (non-hydrogen) atoms. The highest BCUT2D eigenvalue weighted by molar-refractivity contribution is 6.14. The Balaban J connectivity index is 1.45. The number of carbonyl (C=O) groups is 2. The van der Waals surface area contributed by atoms with E-state index >= 15 is 0 Å². The van der Waals surface area contributed by atoms with E-state index in [4.69, 9.17) is 0 Å². The minimum absolute atomic E-state index is 0.0766. The first-order chi connectivity index (χ1) is 16.1. The monoisotopic (exact) mass is 443 g/mol. The van der Waals surface area contributed by atoms with E-state index in [0.717, 1.165) is 61.2 Å². The topological polar surface area (TPSA) is 68.8 Å². The molecule has 2 aliphatic heterocycles. The van der Waals surface area contributed by atoms with Crippen molar-refractivity contribution in [3.05, 3.63) is 60.4 Å². The molecular weight excluding hydrogens is 414 g/mol. The molecule has 0 bridgehead atoms. The highest BCUT2D eigenvalue weighted by Crippen LogP contribution is 2.33. The first-order valence-electron chi connectivity index (χ1n) is 11.6. The molecule has 7 nitrogen and oxygen atoms in total. The zero-order valence-corrected chi connectivity index (χ0v) is 19.0. The number of hydrogen-bond acceptors (Lipinski definition) is 5. The first-order valence-corrected chi connectivity index (χ1v) is 11.6. The molecule has 2 amide bonds. The number of nitrogens with one attached hydrogen (secondary N) is 1. The average Bonchev–Trinajstić information content (AvgIpc) is 2.85. The summed E-state index contributed by atoms with van der Waals surface area (Å²) in [7, 11) is 2.15. The summed E-state index contributed by atoms with van der Waals surface area (Å²) in [5.41, 5.74) is 3.07. The number of piperidine rings is 1. The van der Waals surface area contributed by atoms with Crippen LogP contribution in [0, 0.1) is 0 Å². The number of carbonyl (C=O) groups excluding carboxylic acids is 2. The van der Waals surface area contributed by atoms with Crippen LogP contribution in [0.4, 0.5) is 17.1 Å². The SMILES string of the molecule is CN1CCN(c2ccc(NC(=O)c3ccccc3N3CCCCC3=O)c3cnccc23)CC1. The van der Waals surface area contributed by atoms with Gasteiger partial charge in [-0.1, -0.05) is 12.1 Å². The Morgan fingerprint density at radius 1 is 0.909 bits per heavy atom. The fourth-order valence-electron chi connectivity index (χ4n) is 4.76. The lowest BCUT2D eigenvalue weighted by molar-refractivity contribution is -0.119. The number of likely N-dealkylation sites (N-methyl/N-ethyl adjacent to an activating group) is 1. The standard InChI is InChI=1S/C26H29N5O2/c1-29-14-16-30(17-15-29)23-10-9-22(21-18-27-12-11-19(21)23)28-26(33)20-6-2-3-7-24(20)31-13-5-4-8-25(31)32/h2-3,6-7,9-12,18H,4-5,8,13-17H2,1H3,(H,28,33). The highest BCUT2D eigenvalue weighted by Gasteiger charge is 2.24. The molecule has 2 fully saturated rings. The maximum absolute atomic E-state index is 13.4. The zero-order chi connectivity index (χ0) is 22.8. The lowest BCUT2D eigenvalue weighted by Gasteiger charge is -2.34. The summed E-state index contributed by atoms with van der Waals surface area (Å²) < 4.78 is 0. The molecule has 0 aliphatic carbocycles. The molecule has 3 heterocycles. The van der Waals surface area contributed by atoms with Crippen LogP contribution in [-0.2, 0) is 4.79 Å². The van der Waals surface area contributed by atoms with Gasteiger partial charge < -0.3 is 20.0 Å². The molecular formula is C26H29N5O2. The molecule has 0 unspecified atom stereocenters. The van der Waals surface area contributed by atoms with Gasteiger partial charge in [-0.05, 0) is 50.2 Å². The Morgan fingerprint density at radius 2 is 1.73 bits per heavy atom. The largest absolute Gasteiger partial charge is 0.368 e. The second kappa shape index (κ2) is 9.19. The normalized spacial score (nSPS) is 17.4. The maximum Gasteiger partial charge on any atom is 0.257 e. The molecule has 170 valence electrons. The molecule has 0 radical (unpaired) electrons. The smallest absolute Gasteiger partial charge is 0.257 e. The van der Waals surface area contributed by atoms with Crippen molar-refractivity contribution in [2.45, 2.75) is 19.3 Å². The van der Waals surface area contributed by atoms with Crippen LogP contribution in [0.15, 0.2) is 54.9 Å². The Hall–Kier alpha value is -3.45. The van der Waals surface area contributed by atoms with Crippen molar-refractivity contribution in [1.82, 2.24) is 9.88 Å². The number of fused-ring (bicyclic) bond motifs is 1. The lowest BCUT2D eigenvalue weighted by Crippen LogP contribution is -2.44. The van der Waals surface area contributed by atoms with E-state index in [0.29, 0.717) is 24.2 Å². The second-order valence-corrected chi connectivity index (χ2v) is 8.82. The van der Waals surface area contributed by atoms with E-state index < -0.39 is 0 Å². The second-order valence-electron chi connectivity index (χ2n) is 8.82. The van der Waals surface area contributed by atoms with Gasteiger partial charge in [-0.25, -0.2) is 0 Å². The quantitative estimate of drug-likeness (QED) is 0.665. The highest BCUT2D eigenvalue weighted by atomic mass is 16.2. The van der Waals surface area contributed by atoms with Crippen LogP contribution in [0.2, 0.25) is 0 Å². The molecule has 0 spiro atoms. The summed E-state index contributed by atoms with van der Waals surface area (Å²) >= 11 is 0. The molecule has 2 aromatic carbocycles. The summed E-state index contributed by atoms with van der Waals surface area (Å²) in [6, 6.07) is 13.4. The van der Waals surface area contributed by atoms with Crippen LogP contribution < -0.4 is 15.1 Å². The number of pyridine rings is 1. The number of rotatable bonds is 4. The number of anilines is 3. The van der Waals surface area contributed by atoms with Crippen LogP contribution in [0.3, 0.4) is 0 Å². The van der Waals surface area contributed by atoms with Gasteiger partial charge >= 0.3 is 0 Å². The predicted octanol–water partition coefficient (Wildman–Crippen LogP) is 3.76. The Labute approximate surface area is 194 Å². The third-order valence-corrected chi connectivity index (χ3v) is 6.65. The summed E-state index contributed by atoms with van der Waals surface area (Å²) in [6.45, 7) is 4.64. The fraction of sp³-hybridized carbons (Fsp3) is 0.346. The van der Waals surface area contributed by atoms with Gasteiger partial charge in [0.15, 0.2) is 0 Å². The van der Waals surface area contributed by atoms with Crippen LogP contribution in [-0.4, -0.2) is 61.5 Å². The fourth-order valence-corrected chi connectivity index (χ4v) is 4.76. The van der Waals surface area contributed by atoms with Gasteiger partial charge in [-0.2, -0.15) is 0 Å². The zero-order valence-electron chi connectivity index (χ0n) is 19.0. The van der Waals surface area contributed by atoms with E-state index in [1.807, 2.05) is 36.5 Å². The van der Waals surface area contributed by atoms with Crippen molar-refractivity contribution < 1.29 is 9.59 Å². The maximum atomic E-state index is 13.4. The summed E-state index contributed by atoms with van der Waals surface area (Å²) in [4.78, 5) is 36.6. The predicted molar refractivity (Wildman–Crippen MR) is 132 cm³/mol. The number of benzene rings is 2. The van der Waals surface area contributed by atoms with Crippen molar-refractivity contribution in [3.8, 4) is 0 Å². The Kier molecular flexibility index (Phi) is 5.96.